The molecule has 2 atom stereocenters. The Kier molecular flexibility index (Phi) is 8.86. The number of H-pyrrole nitrogens is 2. The Morgan fingerprint density at radius 2 is 2.08 bits per heavy atom. The van der Waals surface area contributed by atoms with E-state index in [-0.39, 0.29) is 30.5 Å². The lowest BCUT2D eigenvalue weighted by molar-refractivity contribution is -0.151. The first-order chi connectivity index (χ1) is 17.2. The van der Waals surface area contributed by atoms with Crippen LogP contribution >= 0.6 is 11.3 Å². The van der Waals surface area contributed by atoms with Crippen molar-refractivity contribution in [3.05, 3.63) is 44.0 Å². The molecule has 0 aliphatic heterocycles. The number of carbonyl (C=O) groups is 3. The molecule has 0 bridgehead atoms. The highest BCUT2D eigenvalue weighted by Crippen LogP contribution is 2.16. The molecule has 0 saturated carbocycles. The minimum atomic E-state index is -1.07. The number of aromatic nitrogens is 3. The fourth-order valence-corrected chi connectivity index (χ4v) is 3.96. The number of anilines is 1. The number of aromatic amines is 2. The van der Waals surface area contributed by atoms with Gasteiger partial charge in [0.05, 0.1) is 16.4 Å². The Hall–Kier alpha value is -4.11. The number of aliphatic carboxylic acids is 1. The minimum Gasteiger partial charge on any atom is -0.481 e. The molecular weight excluding hydrogens is 486 g/mol. The Morgan fingerprint density at radius 1 is 1.31 bits per heavy atom. The zero-order valence-corrected chi connectivity index (χ0v) is 20.7. The molecule has 1 amide bonds. The van der Waals surface area contributed by atoms with Crippen molar-refractivity contribution in [3.8, 4) is 11.8 Å². The van der Waals surface area contributed by atoms with Crippen LogP contribution in [0.25, 0.3) is 11.0 Å². The molecule has 0 saturated heterocycles. The van der Waals surface area contributed by atoms with Crippen molar-refractivity contribution in [1.82, 2.24) is 20.3 Å². The van der Waals surface area contributed by atoms with Crippen molar-refractivity contribution >= 4 is 46.2 Å². The lowest BCUT2D eigenvalue weighted by Crippen LogP contribution is -2.42. The maximum atomic E-state index is 12.7. The van der Waals surface area contributed by atoms with E-state index in [0.29, 0.717) is 40.7 Å². The minimum absolute atomic E-state index is 0.0404. The molecule has 3 aromatic heterocycles. The summed E-state index contributed by atoms with van der Waals surface area (Å²) in [7, 11) is 0. The second-order valence-corrected chi connectivity index (χ2v) is 9.03. The molecule has 0 aromatic carbocycles. The van der Waals surface area contributed by atoms with Crippen LogP contribution in [0.1, 0.15) is 60.5 Å². The van der Waals surface area contributed by atoms with Gasteiger partial charge in [0.25, 0.3) is 11.5 Å². The summed E-state index contributed by atoms with van der Waals surface area (Å²) in [6.45, 7) is 3.58. The van der Waals surface area contributed by atoms with E-state index in [1.54, 1.807) is 24.4 Å². The highest BCUT2D eigenvalue weighted by molar-refractivity contribution is 7.12. The molecule has 0 fully saturated rings. The zero-order chi connectivity index (χ0) is 26.2. The molecule has 12 heteroatoms. The highest BCUT2D eigenvalue weighted by Gasteiger charge is 2.25. The van der Waals surface area contributed by atoms with E-state index in [2.05, 4.69) is 32.1 Å². The normalized spacial score (nSPS) is 12.4. The van der Waals surface area contributed by atoms with Gasteiger partial charge in [-0.05, 0) is 38.3 Å². The smallest absolute Gasteiger partial charge is 0.328 e. The van der Waals surface area contributed by atoms with Crippen LogP contribution in [0.5, 0.6) is 0 Å². The third-order valence-corrected chi connectivity index (χ3v) is 6.20. The average molecular weight is 514 g/mol. The van der Waals surface area contributed by atoms with Crippen LogP contribution in [-0.2, 0) is 20.7 Å². The van der Waals surface area contributed by atoms with Gasteiger partial charge in [0.15, 0.2) is 0 Å². The standard InChI is InChI=1S/C24H27N5O6S/c1-3-13(2)35-23(34)17(8-9-19(30)31)27-22(33)18-10-14(12-36-18)6-4-5-7-15-11-16-20(26-15)28-24(25)29-21(16)32/h10-13,17H,3,5,7-9H2,1-2H3,(H,27,33)(H,30,31)(H4,25,26,28,29,32). The van der Waals surface area contributed by atoms with Gasteiger partial charge in [-0.3, -0.25) is 19.4 Å². The molecule has 36 heavy (non-hydrogen) atoms. The van der Waals surface area contributed by atoms with Crippen LogP contribution in [-0.4, -0.2) is 50.1 Å². The molecule has 3 aromatic rings. The third kappa shape index (κ3) is 7.19. The number of nitrogens with zero attached hydrogens (tertiary/aromatic N) is 1. The number of nitrogens with one attached hydrogen (secondary N) is 3. The molecule has 0 aliphatic carbocycles. The first-order valence-corrected chi connectivity index (χ1v) is 12.2. The summed E-state index contributed by atoms with van der Waals surface area (Å²) in [4.78, 5) is 57.8. The third-order valence-electron chi connectivity index (χ3n) is 5.28. The van der Waals surface area contributed by atoms with Crippen LogP contribution in [0.4, 0.5) is 5.95 Å². The van der Waals surface area contributed by atoms with E-state index in [1.807, 2.05) is 6.92 Å². The quantitative estimate of drug-likeness (QED) is 0.202. The average Bonchev–Trinajstić information content (AvgIpc) is 3.46. The van der Waals surface area contributed by atoms with E-state index in [4.69, 9.17) is 15.6 Å². The van der Waals surface area contributed by atoms with Gasteiger partial charge in [0, 0.05) is 29.5 Å². The van der Waals surface area contributed by atoms with Crippen LogP contribution in [0.15, 0.2) is 22.3 Å². The number of rotatable bonds is 10. The SMILES string of the molecule is CCC(C)OC(=O)C(CCC(=O)O)NC(=O)c1cc(C#CCCc2cc3c(=O)[nH]c(N)nc3[nH]2)cs1. The number of nitrogens with two attached hydrogens (primary N) is 1. The van der Waals surface area contributed by atoms with Crippen molar-refractivity contribution < 1.29 is 24.2 Å². The second kappa shape index (κ2) is 12.0. The number of carboxylic acid groups (broad SMARTS) is 1. The van der Waals surface area contributed by atoms with Crippen LogP contribution in [0.3, 0.4) is 0 Å². The van der Waals surface area contributed by atoms with E-state index < -0.39 is 23.9 Å². The summed E-state index contributed by atoms with van der Waals surface area (Å²) in [5.74, 6) is 3.82. The lowest BCUT2D eigenvalue weighted by Gasteiger charge is -2.19. The maximum absolute atomic E-state index is 12.7. The van der Waals surface area contributed by atoms with Crippen LogP contribution in [0.2, 0.25) is 0 Å². The lowest BCUT2D eigenvalue weighted by atomic mass is 10.1. The predicted octanol–water partition coefficient (Wildman–Crippen LogP) is 2.18. The van der Waals surface area contributed by atoms with Gasteiger partial charge in [-0.15, -0.1) is 11.3 Å². The van der Waals surface area contributed by atoms with E-state index >= 15 is 0 Å². The van der Waals surface area contributed by atoms with Gasteiger partial charge in [-0.25, -0.2) is 4.79 Å². The number of ether oxygens (including phenoxy) is 1. The molecule has 3 heterocycles. The van der Waals surface area contributed by atoms with Crippen molar-refractivity contribution in [1.29, 1.82) is 0 Å². The number of fused-ring (bicyclic) bond motifs is 1. The Labute approximate surface area is 210 Å². The zero-order valence-electron chi connectivity index (χ0n) is 19.8. The van der Waals surface area contributed by atoms with Crippen LogP contribution in [0, 0.1) is 11.8 Å². The largest absolute Gasteiger partial charge is 0.481 e. The number of nitrogen functional groups attached to an aromatic ring is 1. The molecular formula is C24H27N5O6S. The maximum Gasteiger partial charge on any atom is 0.328 e. The number of carbonyl (C=O) groups excluding carboxylic acids is 2. The van der Waals surface area contributed by atoms with Gasteiger partial charge in [-0.2, -0.15) is 4.98 Å². The number of hydrogen-bond acceptors (Lipinski definition) is 8. The first kappa shape index (κ1) is 26.5. The number of thiophene rings is 1. The van der Waals surface area contributed by atoms with Crippen molar-refractivity contribution in [2.45, 2.75) is 58.1 Å². The van der Waals surface area contributed by atoms with Crippen LogP contribution < -0.4 is 16.6 Å². The van der Waals surface area contributed by atoms with Crippen molar-refractivity contribution in [3.63, 3.8) is 0 Å². The fourth-order valence-electron chi connectivity index (χ4n) is 3.22. The summed E-state index contributed by atoms with van der Waals surface area (Å²) in [6.07, 6.45) is 0.957. The molecule has 0 spiro atoms. The number of aryl methyl sites for hydroxylation is 1. The van der Waals surface area contributed by atoms with Crippen molar-refractivity contribution in [2.75, 3.05) is 5.73 Å². The molecule has 3 rings (SSSR count). The topological polar surface area (TPSA) is 180 Å². The summed E-state index contributed by atoms with van der Waals surface area (Å²) in [6, 6.07) is 2.26. The Balaban J connectivity index is 1.59. The van der Waals surface area contributed by atoms with Crippen molar-refractivity contribution in [2.24, 2.45) is 0 Å². The molecule has 6 N–H and O–H groups in total. The van der Waals surface area contributed by atoms with Gasteiger partial charge < -0.3 is 25.9 Å². The van der Waals surface area contributed by atoms with Gasteiger partial charge in [-0.1, -0.05) is 18.8 Å². The molecule has 11 nitrogen and oxygen atoms in total. The monoisotopic (exact) mass is 513 g/mol. The Morgan fingerprint density at radius 3 is 2.81 bits per heavy atom. The number of hydrogen-bond donors (Lipinski definition) is 5. The molecule has 190 valence electrons. The summed E-state index contributed by atoms with van der Waals surface area (Å²) in [5.41, 5.74) is 7.09. The summed E-state index contributed by atoms with van der Waals surface area (Å²) in [5, 5.41) is 13.7. The second-order valence-electron chi connectivity index (χ2n) is 8.12. The Bertz CT molecular complexity index is 1380. The van der Waals surface area contributed by atoms with E-state index in [1.165, 1.54) is 11.3 Å². The number of esters is 1. The summed E-state index contributed by atoms with van der Waals surface area (Å²) >= 11 is 1.17. The summed E-state index contributed by atoms with van der Waals surface area (Å²) < 4.78 is 5.27. The van der Waals surface area contributed by atoms with Gasteiger partial charge >= 0.3 is 11.9 Å². The number of amides is 1. The molecule has 2 unspecified atom stereocenters. The molecule has 0 aliphatic rings. The molecule has 0 radical (unpaired) electrons. The number of carboxylic acids is 1. The fraction of sp³-hybridized carbons (Fsp3) is 0.375. The highest BCUT2D eigenvalue weighted by atomic mass is 32.1. The van der Waals surface area contributed by atoms with E-state index in [0.717, 1.165) is 5.69 Å². The van der Waals surface area contributed by atoms with Gasteiger partial charge in [0.2, 0.25) is 5.95 Å². The predicted molar refractivity (Wildman–Crippen MR) is 135 cm³/mol. The van der Waals surface area contributed by atoms with E-state index in [9.17, 15) is 19.2 Å². The first-order valence-electron chi connectivity index (χ1n) is 11.3. The van der Waals surface area contributed by atoms with Gasteiger partial charge in [0.1, 0.15) is 11.7 Å².